The maximum atomic E-state index is 10.9. The first kappa shape index (κ1) is 13.3. The maximum Gasteiger partial charge on any atom is 0.310 e. The first-order chi connectivity index (χ1) is 9.18. The molecule has 2 rings (SSSR count). The molecule has 0 aliphatic rings. The normalized spacial score (nSPS) is 10.4. The van der Waals surface area contributed by atoms with Crippen molar-refractivity contribution in [2.24, 2.45) is 0 Å². The van der Waals surface area contributed by atoms with Crippen molar-refractivity contribution in [3.05, 3.63) is 45.7 Å². The third-order valence-electron chi connectivity index (χ3n) is 2.52. The van der Waals surface area contributed by atoms with E-state index < -0.39 is 4.92 Å². The number of aromatic nitrogens is 3. The smallest absolute Gasteiger partial charge is 0.310 e. The van der Waals surface area contributed by atoms with Crippen LogP contribution in [0.25, 0.3) is 0 Å². The van der Waals surface area contributed by atoms with Crippen LogP contribution in [0.5, 0.6) is 0 Å². The van der Waals surface area contributed by atoms with Crippen LogP contribution in [0, 0.1) is 10.1 Å². The van der Waals surface area contributed by atoms with E-state index in [0.717, 1.165) is 6.42 Å². The molecule has 100 valence electrons. The van der Waals surface area contributed by atoms with Crippen LogP contribution in [0.15, 0.2) is 30.6 Å². The van der Waals surface area contributed by atoms with Crippen LogP contribution in [0.3, 0.4) is 0 Å². The molecular formula is C11H12ClN5O2. The number of nitro benzene ring substituents is 1. The summed E-state index contributed by atoms with van der Waals surface area (Å²) < 4.78 is 1.70. The molecule has 0 saturated heterocycles. The lowest BCUT2D eigenvalue weighted by Crippen LogP contribution is -2.08. The second-order valence-corrected chi connectivity index (χ2v) is 4.25. The second-order valence-electron chi connectivity index (χ2n) is 3.84. The number of nitrogens with zero attached hydrogens (tertiary/aromatic N) is 4. The van der Waals surface area contributed by atoms with E-state index in [9.17, 15) is 10.1 Å². The molecule has 19 heavy (non-hydrogen) atoms. The van der Waals surface area contributed by atoms with Crippen LogP contribution < -0.4 is 5.32 Å². The molecule has 0 amide bonds. The molecule has 1 heterocycles. The molecule has 0 fully saturated rings. The van der Waals surface area contributed by atoms with Gasteiger partial charge in [-0.2, -0.15) is 0 Å². The topological polar surface area (TPSA) is 85.9 Å². The molecule has 0 aliphatic carbocycles. The third kappa shape index (κ3) is 3.41. The van der Waals surface area contributed by atoms with E-state index in [1.54, 1.807) is 29.2 Å². The SMILES string of the molecule is O=[N+]([O-])c1c(Cl)cccc1NCCCn1ccnn1. The highest BCUT2D eigenvalue weighted by Crippen LogP contribution is 2.32. The second kappa shape index (κ2) is 6.14. The van der Waals surface area contributed by atoms with Gasteiger partial charge in [-0.3, -0.25) is 14.8 Å². The van der Waals surface area contributed by atoms with Gasteiger partial charge >= 0.3 is 5.69 Å². The average Bonchev–Trinajstić information content (AvgIpc) is 2.87. The van der Waals surface area contributed by atoms with E-state index in [-0.39, 0.29) is 10.7 Å². The van der Waals surface area contributed by atoms with Crippen molar-refractivity contribution in [2.45, 2.75) is 13.0 Å². The molecule has 0 atom stereocenters. The molecule has 0 bridgehead atoms. The van der Waals surface area contributed by atoms with Crippen molar-refractivity contribution in [2.75, 3.05) is 11.9 Å². The molecule has 0 spiro atoms. The minimum absolute atomic E-state index is 0.0927. The molecule has 0 unspecified atom stereocenters. The lowest BCUT2D eigenvalue weighted by atomic mass is 10.2. The Bertz CT molecular complexity index is 558. The summed E-state index contributed by atoms with van der Waals surface area (Å²) in [5.41, 5.74) is 0.334. The fourth-order valence-corrected chi connectivity index (χ4v) is 1.90. The van der Waals surface area contributed by atoms with Crippen LogP contribution in [0.2, 0.25) is 5.02 Å². The zero-order chi connectivity index (χ0) is 13.7. The highest BCUT2D eigenvalue weighted by atomic mass is 35.5. The summed E-state index contributed by atoms with van der Waals surface area (Å²) in [7, 11) is 0. The highest BCUT2D eigenvalue weighted by Gasteiger charge is 2.17. The summed E-state index contributed by atoms with van der Waals surface area (Å²) in [5.74, 6) is 0. The largest absolute Gasteiger partial charge is 0.379 e. The Morgan fingerprint density at radius 2 is 2.32 bits per heavy atom. The number of para-hydroxylation sites is 1. The number of rotatable bonds is 6. The Morgan fingerprint density at radius 3 is 3.00 bits per heavy atom. The van der Waals surface area contributed by atoms with Crippen LogP contribution in [-0.4, -0.2) is 26.5 Å². The van der Waals surface area contributed by atoms with Gasteiger partial charge in [-0.25, -0.2) is 0 Å². The zero-order valence-electron chi connectivity index (χ0n) is 9.99. The van der Waals surface area contributed by atoms with E-state index in [4.69, 9.17) is 11.6 Å². The summed E-state index contributed by atoms with van der Waals surface area (Å²) in [6.45, 7) is 1.28. The lowest BCUT2D eigenvalue weighted by Gasteiger charge is -2.07. The summed E-state index contributed by atoms with van der Waals surface area (Å²) in [5, 5.41) is 21.6. The van der Waals surface area contributed by atoms with Gasteiger partial charge in [-0.05, 0) is 18.6 Å². The predicted octanol–water partition coefficient (Wildman–Crippen LogP) is 2.34. The molecule has 1 aromatic carbocycles. The summed E-state index contributed by atoms with van der Waals surface area (Å²) in [6.07, 6.45) is 4.14. The molecule has 1 N–H and O–H groups in total. The van der Waals surface area contributed by atoms with Gasteiger partial charge < -0.3 is 5.32 Å². The van der Waals surface area contributed by atoms with Gasteiger partial charge in [0.2, 0.25) is 0 Å². The molecular weight excluding hydrogens is 270 g/mol. The molecule has 0 aliphatic heterocycles. The Hall–Kier alpha value is -2.15. The molecule has 8 heteroatoms. The summed E-state index contributed by atoms with van der Waals surface area (Å²) >= 11 is 5.81. The van der Waals surface area contributed by atoms with Gasteiger partial charge in [0.25, 0.3) is 0 Å². The van der Waals surface area contributed by atoms with Gasteiger partial charge in [0.05, 0.1) is 11.1 Å². The molecule has 0 radical (unpaired) electrons. The monoisotopic (exact) mass is 281 g/mol. The minimum Gasteiger partial charge on any atom is -0.379 e. The van der Waals surface area contributed by atoms with Crippen molar-refractivity contribution >= 4 is 23.0 Å². The molecule has 0 saturated carbocycles. The lowest BCUT2D eigenvalue weighted by molar-refractivity contribution is -0.383. The number of hydrogen-bond acceptors (Lipinski definition) is 5. The van der Waals surface area contributed by atoms with Gasteiger partial charge in [0.15, 0.2) is 0 Å². The van der Waals surface area contributed by atoms with Gasteiger partial charge in [0.1, 0.15) is 10.7 Å². The van der Waals surface area contributed by atoms with Gasteiger partial charge in [-0.15, -0.1) is 5.10 Å². The average molecular weight is 282 g/mol. The number of nitro groups is 1. The Morgan fingerprint density at radius 1 is 1.47 bits per heavy atom. The van der Waals surface area contributed by atoms with Crippen molar-refractivity contribution in [1.82, 2.24) is 15.0 Å². The summed E-state index contributed by atoms with van der Waals surface area (Å²) in [6, 6.07) is 4.81. The number of benzene rings is 1. The van der Waals surface area contributed by atoms with Crippen LogP contribution in [-0.2, 0) is 6.54 Å². The fraction of sp³-hybridized carbons (Fsp3) is 0.273. The van der Waals surface area contributed by atoms with Crippen LogP contribution in [0.1, 0.15) is 6.42 Å². The predicted molar refractivity (Wildman–Crippen MR) is 71.2 cm³/mol. The minimum atomic E-state index is -0.484. The number of anilines is 1. The highest BCUT2D eigenvalue weighted by molar-refractivity contribution is 6.33. The zero-order valence-corrected chi connectivity index (χ0v) is 10.7. The standard InChI is InChI=1S/C11H12ClN5O2/c12-9-3-1-4-10(11(9)17(18)19)13-5-2-7-16-8-6-14-15-16/h1,3-4,6,8,13H,2,5,7H2. The molecule has 2 aromatic rings. The number of halogens is 1. The van der Waals surface area contributed by atoms with Crippen molar-refractivity contribution < 1.29 is 4.92 Å². The third-order valence-corrected chi connectivity index (χ3v) is 2.83. The van der Waals surface area contributed by atoms with E-state index in [0.29, 0.717) is 18.8 Å². The Balaban J connectivity index is 1.92. The van der Waals surface area contributed by atoms with Crippen molar-refractivity contribution in [1.29, 1.82) is 0 Å². The van der Waals surface area contributed by atoms with E-state index >= 15 is 0 Å². The van der Waals surface area contributed by atoms with Crippen molar-refractivity contribution in [3.8, 4) is 0 Å². The Kier molecular flexibility index (Phi) is 4.30. The first-order valence-corrected chi connectivity index (χ1v) is 6.07. The fourth-order valence-electron chi connectivity index (χ4n) is 1.66. The number of aryl methyl sites for hydroxylation is 1. The van der Waals surface area contributed by atoms with E-state index in [2.05, 4.69) is 15.6 Å². The van der Waals surface area contributed by atoms with Gasteiger partial charge in [-0.1, -0.05) is 22.9 Å². The van der Waals surface area contributed by atoms with Gasteiger partial charge in [0, 0.05) is 19.3 Å². The maximum absolute atomic E-state index is 10.9. The van der Waals surface area contributed by atoms with Crippen LogP contribution in [0.4, 0.5) is 11.4 Å². The quantitative estimate of drug-likeness (QED) is 0.499. The molecule has 1 aromatic heterocycles. The Labute approximate surface area is 114 Å². The van der Waals surface area contributed by atoms with Crippen LogP contribution >= 0.6 is 11.6 Å². The summed E-state index contributed by atoms with van der Waals surface area (Å²) in [4.78, 5) is 10.4. The first-order valence-electron chi connectivity index (χ1n) is 5.69. The number of nitrogens with one attached hydrogen (secondary N) is 1. The van der Waals surface area contributed by atoms with E-state index in [1.165, 1.54) is 6.07 Å². The number of hydrogen-bond donors (Lipinski definition) is 1. The van der Waals surface area contributed by atoms with E-state index in [1.807, 2.05) is 0 Å². The van der Waals surface area contributed by atoms with Crippen molar-refractivity contribution in [3.63, 3.8) is 0 Å². The molecule has 7 nitrogen and oxygen atoms in total.